The molecule has 2 aromatic rings. The highest BCUT2D eigenvalue weighted by Gasteiger charge is 2.18. The lowest BCUT2D eigenvalue weighted by atomic mass is 10.0. The van der Waals surface area contributed by atoms with Crippen molar-refractivity contribution in [2.75, 3.05) is 12.4 Å². The maximum Gasteiger partial charge on any atom is 0.293 e. The van der Waals surface area contributed by atoms with Crippen LogP contribution >= 0.6 is 0 Å². The molecule has 0 aliphatic carbocycles. The lowest BCUT2D eigenvalue weighted by molar-refractivity contribution is -0.384. The van der Waals surface area contributed by atoms with Crippen LogP contribution in [0.4, 0.5) is 11.4 Å². The predicted octanol–water partition coefficient (Wildman–Crippen LogP) is 3.90. The van der Waals surface area contributed by atoms with Crippen molar-refractivity contribution in [2.45, 2.75) is 19.9 Å². The van der Waals surface area contributed by atoms with Gasteiger partial charge in [0.15, 0.2) is 0 Å². The van der Waals surface area contributed by atoms with E-state index in [1.54, 1.807) is 19.2 Å². The van der Waals surface area contributed by atoms with Crippen molar-refractivity contribution < 1.29 is 14.5 Å². The Morgan fingerprint density at radius 1 is 1.26 bits per heavy atom. The zero-order valence-electron chi connectivity index (χ0n) is 13.2. The molecule has 0 spiro atoms. The number of carbonyl (C=O) groups excluding carboxylic acids is 1. The standard InChI is InChI=1S/C17H18N2O4/c1-11-4-7-17(23-3)14(8-11)12(2)18-15-6-5-13(10-20)9-16(15)19(21)22/h4-10,12,18H,1-3H3/t12-/m1/s1. The van der Waals surface area contributed by atoms with Crippen LogP contribution in [0.5, 0.6) is 5.75 Å². The molecule has 6 heteroatoms. The van der Waals surface area contributed by atoms with Crippen LogP contribution in [0.15, 0.2) is 36.4 Å². The molecule has 1 N–H and O–H groups in total. The third kappa shape index (κ3) is 3.66. The molecule has 6 nitrogen and oxygen atoms in total. The summed E-state index contributed by atoms with van der Waals surface area (Å²) in [6, 6.07) is 9.93. The predicted molar refractivity (Wildman–Crippen MR) is 88.3 cm³/mol. The van der Waals surface area contributed by atoms with E-state index in [0.717, 1.165) is 11.1 Å². The van der Waals surface area contributed by atoms with Crippen molar-refractivity contribution in [2.24, 2.45) is 0 Å². The molecule has 0 saturated heterocycles. The number of hydrogen-bond acceptors (Lipinski definition) is 5. The summed E-state index contributed by atoms with van der Waals surface area (Å²) in [6.07, 6.45) is 0.587. The average Bonchev–Trinajstić information content (AvgIpc) is 2.54. The number of nitro benzene ring substituents is 1. The van der Waals surface area contributed by atoms with Crippen molar-refractivity contribution in [3.63, 3.8) is 0 Å². The number of carbonyl (C=O) groups is 1. The highest BCUT2D eigenvalue weighted by Crippen LogP contribution is 2.32. The summed E-state index contributed by atoms with van der Waals surface area (Å²) in [5, 5.41) is 14.3. The fourth-order valence-electron chi connectivity index (χ4n) is 2.40. The molecule has 0 aromatic heterocycles. The van der Waals surface area contributed by atoms with E-state index in [0.29, 0.717) is 17.7 Å². The number of hydrogen-bond donors (Lipinski definition) is 1. The molecule has 0 bridgehead atoms. The number of rotatable bonds is 6. The Bertz CT molecular complexity index is 743. The first kappa shape index (κ1) is 16.5. The van der Waals surface area contributed by atoms with Gasteiger partial charge in [0.05, 0.1) is 18.1 Å². The fourth-order valence-corrected chi connectivity index (χ4v) is 2.40. The van der Waals surface area contributed by atoms with Crippen LogP contribution in [0, 0.1) is 17.0 Å². The largest absolute Gasteiger partial charge is 0.496 e. The van der Waals surface area contributed by atoms with E-state index in [1.165, 1.54) is 6.07 Å². The van der Waals surface area contributed by atoms with Gasteiger partial charge in [-0.15, -0.1) is 0 Å². The van der Waals surface area contributed by atoms with Crippen molar-refractivity contribution in [3.05, 3.63) is 63.2 Å². The second kappa shape index (κ2) is 6.91. The molecule has 0 radical (unpaired) electrons. The van der Waals surface area contributed by atoms with Gasteiger partial charge in [-0.3, -0.25) is 14.9 Å². The van der Waals surface area contributed by atoms with Crippen molar-refractivity contribution in [1.82, 2.24) is 0 Å². The minimum atomic E-state index is -0.504. The second-order valence-electron chi connectivity index (χ2n) is 5.26. The van der Waals surface area contributed by atoms with Crippen molar-refractivity contribution in [3.8, 4) is 5.75 Å². The first-order chi connectivity index (χ1) is 11.0. The maximum absolute atomic E-state index is 11.2. The van der Waals surface area contributed by atoms with Gasteiger partial charge in [0.2, 0.25) is 0 Å². The van der Waals surface area contributed by atoms with Crippen LogP contribution in [0.1, 0.15) is 34.5 Å². The molecule has 0 amide bonds. The Labute approximate surface area is 134 Å². The van der Waals surface area contributed by atoms with E-state index < -0.39 is 4.92 Å². The Morgan fingerprint density at radius 2 is 2.00 bits per heavy atom. The van der Waals surface area contributed by atoms with E-state index >= 15 is 0 Å². The number of anilines is 1. The van der Waals surface area contributed by atoms with E-state index in [9.17, 15) is 14.9 Å². The molecule has 0 aliphatic heterocycles. The lowest BCUT2D eigenvalue weighted by Gasteiger charge is -2.19. The monoisotopic (exact) mass is 314 g/mol. The Morgan fingerprint density at radius 3 is 2.61 bits per heavy atom. The molecular weight excluding hydrogens is 296 g/mol. The summed E-state index contributed by atoms with van der Waals surface area (Å²) in [5.74, 6) is 0.711. The van der Waals surface area contributed by atoms with E-state index in [-0.39, 0.29) is 17.3 Å². The third-order valence-corrected chi connectivity index (χ3v) is 3.58. The minimum Gasteiger partial charge on any atom is -0.496 e. The van der Waals surface area contributed by atoms with Gasteiger partial charge < -0.3 is 10.1 Å². The molecule has 0 aliphatic rings. The Hall–Kier alpha value is -2.89. The van der Waals surface area contributed by atoms with E-state index in [4.69, 9.17) is 4.74 Å². The van der Waals surface area contributed by atoms with Crippen LogP contribution in [0.3, 0.4) is 0 Å². The van der Waals surface area contributed by atoms with Crippen LogP contribution in [0.2, 0.25) is 0 Å². The summed E-state index contributed by atoms with van der Waals surface area (Å²) >= 11 is 0. The first-order valence-corrected chi connectivity index (χ1v) is 7.11. The van der Waals surface area contributed by atoms with Crippen LogP contribution in [-0.2, 0) is 0 Å². The molecule has 0 saturated carbocycles. The van der Waals surface area contributed by atoms with Gasteiger partial charge in [0.1, 0.15) is 17.7 Å². The van der Waals surface area contributed by atoms with Gasteiger partial charge in [0.25, 0.3) is 5.69 Å². The number of nitro groups is 1. The molecule has 120 valence electrons. The second-order valence-corrected chi connectivity index (χ2v) is 5.26. The summed E-state index contributed by atoms with van der Waals surface area (Å²) in [7, 11) is 1.59. The van der Waals surface area contributed by atoms with Gasteiger partial charge in [-0.2, -0.15) is 0 Å². The molecule has 2 aromatic carbocycles. The number of ether oxygens (including phenoxy) is 1. The molecule has 1 atom stereocenters. The van der Waals surface area contributed by atoms with Gasteiger partial charge in [0, 0.05) is 17.2 Å². The Kier molecular flexibility index (Phi) is 4.95. The Balaban J connectivity index is 2.37. The number of benzene rings is 2. The minimum absolute atomic E-state index is 0.131. The first-order valence-electron chi connectivity index (χ1n) is 7.11. The number of nitrogens with zero attached hydrogens (tertiary/aromatic N) is 1. The highest BCUT2D eigenvalue weighted by atomic mass is 16.6. The average molecular weight is 314 g/mol. The zero-order chi connectivity index (χ0) is 17.0. The molecule has 2 rings (SSSR count). The smallest absolute Gasteiger partial charge is 0.293 e. The van der Waals surface area contributed by atoms with Gasteiger partial charge in [-0.25, -0.2) is 0 Å². The van der Waals surface area contributed by atoms with Gasteiger partial charge in [-0.1, -0.05) is 17.7 Å². The van der Waals surface area contributed by atoms with Gasteiger partial charge in [-0.05, 0) is 32.0 Å². The van der Waals surface area contributed by atoms with Crippen LogP contribution in [0.25, 0.3) is 0 Å². The normalized spacial score (nSPS) is 11.6. The molecule has 0 unspecified atom stereocenters. The van der Waals surface area contributed by atoms with Crippen LogP contribution < -0.4 is 10.1 Å². The number of aldehydes is 1. The van der Waals surface area contributed by atoms with E-state index in [1.807, 2.05) is 32.0 Å². The fraction of sp³-hybridized carbons (Fsp3) is 0.235. The molecule has 0 heterocycles. The van der Waals surface area contributed by atoms with Crippen molar-refractivity contribution in [1.29, 1.82) is 0 Å². The summed E-state index contributed by atoms with van der Waals surface area (Å²) in [4.78, 5) is 21.5. The zero-order valence-corrected chi connectivity index (χ0v) is 13.2. The third-order valence-electron chi connectivity index (χ3n) is 3.58. The topological polar surface area (TPSA) is 81.5 Å². The quantitative estimate of drug-likeness (QED) is 0.497. The highest BCUT2D eigenvalue weighted by molar-refractivity contribution is 5.79. The summed E-state index contributed by atoms with van der Waals surface area (Å²) in [6.45, 7) is 3.87. The number of aryl methyl sites for hydroxylation is 1. The lowest BCUT2D eigenvalue weighted by Crippen LogP contribution is -2.10. The van der Waals surface area contributed by atoms with Gasteiger partial charge >= 0.3 is 0 Å². The number of methoxy groups -OCH3 is 1. The SMILES string of the molecule is COc1ccc(C)cc1[C@@H](C)Nc1ccc(C=O)cc1[N+](=O)[O-]. The summed E-state index contributed by atoms with van der Waals surface area (Å²) < 4.78 is 5.35. The number of nitrogens with one attached hydrogen (secondary N) is 1. The molecular formula is C17H18N2O4. The van der Waals surface area contributed by atoms with E-state index in [2.05, 4.69) is 5.32 Å². The summed E-state index contributed by atoms with van der Waals surface area (Å²) in [5.41, 5.74) is 2.47. The maximum atomic E-state index is 11.2. The molecule has 0 fully saturated rings. The van der Waals surface area contributed by atoms with Crippen LogP contribution in [-0.4, -0.2) is 18.3 Å². The van der Waals surface area contributed by atoms with Crippen molar-refractivity contribution >= 4 is 17.7 Å². The molecule has 23 heavy (non-hydrogen) atoms.